The molecule has 2 heterocycles. The Balaban J connectivity index is 1.86. The van der Waals surface area contributed by atoms with Gasteiger partial charge in [0.2, 0.25) is 0 Å². The fraction of sp³-hybridized carbons (Fsp3) is 0.500. The first kappa shape index (κ1) is 11.9. The Bertz CT molecular complexity index is 455. The summed E-state index contributed by atoms with van der Waals surface area (Å²) in [6, 6.07) is 5.07. The smallest absolute Gasteiger partial charge is 0.307 e. The lowest BCUT2D eigenvalue weighted by Gasteiger charge is -2.15. The standard InChI is InChI=1S/C12H16N2O3/c15-11-3-1-2-5-14(11)8-7-13-6-4-10(9-13)12(16)17/h1-3,5,10H,4,6-9H2,(H,16,17). The van der Waals surface area contributed by atoms with Crippen LogP contribution in [0.4, 0.5) is 0 Å². The molecule has 0 amide bonds. The molecule has 1 N–H and O–H groups in total. The van der Waals surface area contributed by atoms with E-state index in [1.807, 2.05) is 6.07 Å². The minimum atomic E-state index is -0.718. The molecule has 1 atom stereocenters. The molecule has 17 heavy (non-hydrogen) atoms. The summed E-state index contributed by atoms with van der Waals surface area (Å²) in [5, 5.41) is 8.88. The van der Waals surface area contributed by atoms with E-state index >= 15 is 0 Å². The molecule has 2 rings (SSSR count). The third kappa shape index (κ3) is 2.94. The van der Waals surface area contributed by atoms with Crippen molar-refractivity contribution in [3.63, 3.8) is 0 Å². The Morgan fingerprint density at radius 1 is 1.41 bits per heavy atom. The van der Waals surface area contributed by atoms with Crippen LogP contribution in [0, 0.1) is 5.92 Å². The van der Waals surface area contributed by atoms with E-state index in [0.29, 0.717) is 19.5 Å². The zero-order valence-corrected chi connectivity index (χ0v) is 9.58. The Hall–Kier alpha value is -1.62. The zero-order chi connectivity index (χ0) is 12.3. The number of hydrogen-bond donors (Lipinski definition) is 1. The van der Waals surface area contributed by atoms with Gasteiger partial charge in [0.05, 0.1) is 5.92 Å². The molecule has 92 valence electrons. The highest BCUT2D eigenvalue weighted by atomic mass is 16.4. The predicted molar refractivity (Wildman–Crippen MR) is 62.9 cm³/mol. The maximum atomic E-state index is 11.4. The second-order valence-electron chi connectivity index (χ2n) is 4.36. The summed E-state index contributed by atoms with van der Waals surface area (Å²) in [6.07, 6.45) is 2.46. The van der Waals surface area contributed by atoms with Crippen LogP contribution in [0.15, 0.2) is 29.2 Å². The van der Waals surface area contributed by atoms with Crippen molar-refractivity contribution in [3.8, 4) is 0 Å². The van der Waals surface area contributed by atoms with Crippen LogP contribution in [0.25, 0.3) is 0 Å². The molecule has 0 aromatic carbocycles. The predicted octanol–water partition coefficient (Wildman–Crippen LogP) is 0.255. The number of hydrogen-bond acceptors (Lipinski definition) is 3. The zero-order valence-electron chi connectivity index (χ0n) is 9.58. The van der Waals surface area contributed by atoms with Crippen molar-refractivity contribution in [1.82, 2.24) is 9.47 Å². The highest BCUT2D eigenvalue weighted by Gasteiger charge is 2.27. The van der Waals surface area contributed by atoms with E-state index in [-0.39, 0.29) is 11.5 Å². The van der Waals surface area contributed by atoms with Crippen molar-refractivity contribution in [3.05, 3.63) is 34.7 Å². The van der Waals surface area contributed by atoms with Crippen LogP contribution < -0.4 is 5.56 Å². The number of pyridine rings is 1. The van der Waals surface area contributed by atoms with Gasteiger partial charge in [-0.2, -0.15) is 0 Å². The summed E-state index contributed by atoms with van der Waals surface area (Å²) in [4.78, 5) is 24.3. The molecular formula is C12H16N2O3. The molecule has 5 heteroatoms. The first-order chi connectivity index (χ1) is 8.16. The number of aromatic nitrogens is 1. The normalized spacial score (nSPS) is 20.6. The molecule has 0 bridgehead atoms. The lowest BCUT2D eigenvalue weighted by Crippen LogP contribution is -2.29. The second-order valence-corrected chi connectivity index (χ2v) is 4.36. The van der Waals surface area contributed by atoms with E-state index < -0.39 is 5.97 Å². The van der Waals surface area contributed by atoms with Gasteiger partial charge in [0.15, 0.2) is 0 Å². The fourth-order valence-corrected chi connectivity index (χ4v) is 2.13. The van der Waals surface area contributed by atoms with Crippen molar-refractivity contribution in [2.24, 2.45) is 5.92 Å². The molecular weight excluding hydrogens is 220 g/mol. The van der Waals surface area contributed by atoms with Crippen molar-refractivity contribution >= 4 is 5.97 Å². The van der Waals surface area contributed by atoms with E-state index in [9.17, 15) is 9.59 Å². The van der Waals surface area contributed by atoms with Gasteiger partial charge in [0.25, 0.3) is 5.56 Å². The average molecular weight is 236 g/mol. The van der Waals surface area contributed by atoms with Gasteiger partial charge in [0.1, 0.15) is 0 Å². The summed E-state index contributed by atoms with van der Waals surface area (Å²) < 4.78 is 1.65. The molecule has 1 aliphatic rings. The molecule has 5 nitrogen and oxygen atoms in total. The van der Waals surface area contributed by atoms with Crippen molar-refractivity contribution < 1.29 is 9.90 Å². The maximum Gasteiger partial charge on any atom is 0.307 e. The number of carboxylic acids is 1. The maximum absolute atomic E-state index is 11.4. The third-order valence-corrected chi connectivity index (χ3v) is 3.18. The minimum Gasteiger partial charge on any atom is -0.481 e. The number of rotatable bonds is 4. The van der Waals surface area contributed by atoms with Crippen molar-refractivity contribution in [2.75, 3.05) is 19.6 Å². The quantitative estimate of drug-likeness (QED) is 0.814. The van der Waals surface area contributed by atoms with E-state index in [4.69, 9.17) is 5.11 Å². The van der Waals surface area contributed by atoms with Crippen LogP contribution in [0.3, 0.4) is 0 Å². The van der Waals surface area contributed by atoms with Gasteiger partial charge in [-0.25, -0.2) is 0 Å². The minimum absolute atomic E-state index is 0.0125. The Morgan fingerprint density at radius 3 is 2.88 bits per heavy atom. The monoisotopic (exact) mass is 236 g/mol. The van der Waals surface area contributed by atoms with E-state index in [1.165, 1.54) is 6.07 Å². The molecule has 1 aliphatic heterocycles. The van der Waals surface area contributed by atoms with Crippen LogP contribution in [-0.4, -0.2) is 40.2 Å². The average Bonchev–Trinajstić information content (AvgIpc) is 2.77. The van der Waals surface area contributed by atoms with Gasteiger partial charge in [-0.3, -0.25) is 9.59 Å². The lowest BCUT2D eigenvalue weighted by molar-refractivity contribution is -0.141. The van der Waals surface area contributed by atoms with Gasteiger partial charge in [0, 0.05) is 31.9 Å². The second kappa shape index (κ2) is 5.14. The molecule has 0 spiro atoms. The van der Waals surface area contributed by atoms with Crippen LogP contribution in [0.5, 0.6) is 0 Å². The highest BCUT2D eigenvalue weighted by Crippen LogP contribution is 2.15. The van der Waals surface area contributed by atoms with Gasteiger partial charge >= 0.3 is 5.97 Å². The molecule has 0 radical (unpaired) electrons. The van der Waals surface area contributed by atoms with Gasteiger partial charge < -0.3 is 14.6 Å². The molecule has 1 aromatic rings. The van der Waals surface area contributed by atoms with Crippen LogP contribution in [-0.2, 0) is 11.3 Å². The summed E-state index contributed by atoms with van der Waals surface area (Å²) in [7, 11) is 0. The molecule has 1 aromatic heterocycles. The summed E-state index contributed by atoms with van der Waals surface area (Å²) >= 11 is 0. The Labute approximate surface area is 99.3 Å². The molecule has 1 saturated heterocycles. The van der Waals surface area contributed by atoms with Crippen molar-refractivity contribution in [2.45, 2.75) is 13.0 Å². The van der Waals surface area contributed by atoms with Crippen LogP contribution in [0.2, 0.25) is 0 Å². The number of aliphatic carboxylic acids is 1. The molecule has 1 fully saturated rings. The van der Waals surface area contributed by atoms with Crippen LogP contribution in [0.1, 0.15) is 6.42 Å². The largest absolute Gasteiger partial charge is 0.481 e. The Morgan fingerprint density at radius 2 is 2.24 bits per heavy atom. The van der Waals surface area contributed by atoms with Gasteiger partial charge in [-0.1, -0.05) is 6.07 Å². The van der Waals surface area contributed by atoms with E-state index in [0.717, 1.165) is 13.1 Å². The number of carboxylic acid groups (broad SMARTS) is 1. The lowest BCUT2D eigenvalue weighted by atomic mass is 10.1. The molecule has 1 unspecified atom stereocenters. The SMILES string of the molecule is O=C(O)C1CCN(CCn2ccccc2=O)C1. The highest BCUT2D eigenvalue weighted by molar-refractivity contribution is 5.70. The number of nitrogens with zero attached hydrogens (tertiary/aromatic N) is 2. The summed E-state index contributed by atoms with van der Waals surface area (Å²) in [6.45, 7) is 2.75. The first-order valence-electron chi connectivity index (χ1n) is 5.77. The summed E-state index contributed by atoms with van der Waals surface area (Å²) in [5.74, 6) is -0.966. The first-order valence-corrected chi connectivity index (χ1v) is 5.77. The number of carbonyl (C=O) groups is 1. The van der Waals surface area contributed by atoms with E-state index in [2.05, 4.69) is 4.90 Å². The van der Waals surface area contributed by atoms with Gasteiger partial charge in [-0.15, -0.1) is 0 Å². The van der Waals surface area contributed by atoms with Gasteiger partial charge in [-0.05, 0) is 19.0 Å². The van der Waals surface area contributed by atoms with E-state index in [1.54, 1.807) is 16.8 Å². The topological polar surface area (TPSA) is 62.5 Å². The molecule has 0 saturated carbocycles. The Kier molecular flexibility index (Phi) is 3.58. The third-order valence-electron chi connectivity index (χ3n) is 3.18. The molecule has 0 aliphatic carbocycles. The summed E-state index contributed by atoms with van der Waals surface area (Å²) in [5.41, 5.74) is -0.0125. The van der Waals surface area contributed by atoms with Crippen LogP contribution >= 0.6 is 0 Å². The van der Waals surface area contributed by atoms with Crippen molar-refractivity contribution in [1.29, 1.82) is 0 Å². The number of likely N-dealkylation sites (tertiary alicyclic amines) is 1. The fourth-order valence-electron chi connectivity index (χ4n) is 2.13.